The first kappa shape index (κ1) is 12.4. The monoisotopic (exact) mass is 268 g/mol. The molecule has 18 heavy (non-hydrogen) atoms. The predicted octanol–water partition coefficient (Wildman–Crippen LogP) is 2.20. The Morgan fingerprint density at radius 3 is 3.00 bits per heavy atom. The van der Waals surface area contributed by atoms with Gasteiger partial charge in [-0.25, -0.2) is 14.8 Å². The summed E-state index contributed by atoms with van der Waals surface area (Å²) in [6.07, 6.45) is 1.04. The van der Waals surface area contributed by atoms with Crippen molar-refractivity contribution in [1.29, 1.82) is 0 Å². The maximum absolute atomic E-state index is 13.7. The molecular formula is C13H17FN2OS. The van der Waals surface area contributed by atoms with Crippen LogP contribution in [0.15, 0.2) is 23.1 Å². The predicted molar refractivity (Wildman–Crippen MR) is 70.0 cm³/mol. The summed E-state index contributed by atoms with van der Waals surface area (Å²) in [6.45, 7) is 3.33. The minimum Gasteiger partial charge on any atom is -0.379 e. The van der Waals surface area contributed by atoms with Gasteiger partial charge in [0.2, 0.25) is 0 Å². The van der Waals surface area contributed by atoms with E-state index in [1.54, 1.807) is 23.9 Å². The molecule has 2 aliphatic heterocycles. The number of thioether (sulfide) groups is 1. The number of hydrazine groups is 1. The van der Waals surface area contributed by atoms with E-state index in [1.165, 1.54) is 0 Å². The molecule has 1 aromatic carbocycles. The van der Waals surface area contributed by atoms with Gasteiger partial charge < -0.3 is 4.74 Å². The maximum atomic E-state index is 13.7. The lowest BCUT2D eigenvalue weighted by molar-refractivity contribution is 0.00268. The average Bonchev–Trinajstić information content (AvgIpc) is 2.41. The smallest absolute Gasteiger partial charge is 0.137 e. The Labute approximate surface area is 111 Å². The van der Waals surface area contributed by atoms with Gasteiger partial charge in [-0.05, 0) is 23.8 Å². The molecule has 1 fully saturated rings. The standard InChI is InChI=1S/C13H17FN2OS/c14-11-3-1-2-10-12(4-9-18-13(10)11)15-16-5-7-17-8-6-16/h1-3,12,15H,4-9H2. The molecule has 2 heterocycles. The van der Waals surface area contributed by atoms with Crippen LogP contribution in [0, 0.1) is 5.82 Å². The van der Waals surface area contributed by atoms with Crippen molar-refractivity contribution < 1.29 is 9.13 Å². The second-order valence-corrected chi connectivity index (χ2v) is 5.68. The molecule has 1 aromatic rings. The number of hydrogen-bond acceptors (Lipinski definition) is 4. The minimum absolute atomic E-state index is 0.0917. The van der Waals surface area contributed by atoms with Gasteiger partial charge in [-0.15, -0.1) is 11.8 Å². The number of hydrogen-bond donors (Lipinski definition) is 1. The van der Waals surface area contributed by atoms with Crippen molar-refractivity contribution >= 4 is 11.8 Å². The van der Waals surface area contributed by atoms with Crippen molar-refractivity contribution in [1.82, 2.24) is 10.4 Å². The lowest BCUT2D eigenvalue weighted by Gasteiger charge is -2.34. The number of ether oxygens (including phenoxy) is 1. The number of fused-ring (bicyclic) bond motifs is 1. The topological polar surface area (TPSA) is 24.5 Å². The Hall–Kier alpha value is -0.620. The third-order valence-electron chi connectivity index (χ3n) is 3.38. The second-order valence-electron chi connectivity index (χ2n) is 4.58. The molecule has 1 N–H and O–H groups in total. The number of halogens is 1. The van der Waals surface area contributed by atoms with Crippen LogP contribution >= 0.6 is 11.8 Å². The molecule has 0 saturated carbocycles. The Morgan fingerprint density at radius 2 is 2.17 bits per heavy atom. The maximum Gasteiger partial charge on any atom is 0.137 e. The van der Waals surface area contributed by atoms with Crippen LogP contribution < -0.4 is 5.43 Å². The molecule has 0 bridgehead atoms. The van der Waals surface area contributed by atoms with E-state index in [1.807, 2.05) is 6.07 Å². The van der Waals surface area contributed by atoms with E-state index in [2.05, 4.69) is 10.4 Å². The highest BCUT2D eigenvalue weighted by Crippen LogP contribution is 2.37. The van der Waals surface area contributed by atoms with Crippen LogP contribution in [0.4, 0.5) is 4.39 Å². The first-order valence-corrected chi connectivity index (χ1v) is 7.33. The summed E-state index contributed by atoms with van der Waals surface area (Å²) in [6, 6.07) is 5.61. The van der Waals surface area contributed by atoms with Crippen molar-refractivity contribution in [3.63, 3.8) is 0 Å². The molecule has 1 atom stereocenters. The summed E-state index contributed by atoms with van der Waals surface area (Å²) in [5, 5.41) is 2.19. The molecule has 3 rings (SSSR count). The quantitative estimate of drug-likeness (QED) is 0.888. The van der Waals surface area contributed by atoms with Crippen LogP contribution in [-0.2, 0) is 4.74 Å². The average molecular weight is 268 g/mol. The fraction of sp³-hybridized carbons (Fsp3) is 0.538. The van der Waals surface area contributed by atoms with Crippen LogP contribution in [0.1, 0.15) is 18.0 Å². The van der Waals surface area contributed by atoms with Crippen molar-refractivity contribution in [3.8, 4) is 0 Å². The van der Waals surface area contributed by atoms with Crippen molar-refractivity contribution in [3.05, 3.63) is 29.6 Å². The zero-order valence-electron chi connectivity index (χ0n) is 10.2. The minimum atomic E-state index is -0.0917. The van der Waals surface area contributed by atoms with Gasteiger partial charge in [-0.2, -0.15) is 0 Å². The number of nitrogens with one attached hydrogen (secondary N) is 1. The highest BCUT2D eigenvalue weighted by atomic mass is 32.2. The SMILES string of the molecule is Fc1cccc2c1SCCC2NN1CCOCC1. The summed E-state index contributed by atoms with van der Waals surface area (Å²) < 4.78 is 19.1. The Morgan fingerprint density at radius 1 is 1.33 bits per heavy atom. The lowest BCUT2D eigenvalue weighted by Crippen LogP contribution is -2.47. The van der Waals surface area contributed by atoms with Crippen LogP contribution in [-0.4, -0.2) is 37.1 Å². The first-order chi connectivity index (χ1) is 8.84. The molecule has 0 aliphatic carbocycles. The third kappa shape index (κ3) is 2.54. The van der Waals surface area contributed by atoms with E-state index in [-0.39, 0.29) is 11.9 Å². The molecule has 0 aromatic heterocycles. The van der Waals surface area contributed by atoms with Crippen molar-refractivity contribution in [2.75, 3.05) is 32.1 Å². The van der Waals surface area contributed by atoms with Gasteiger partial charge in [0, 0.05) is 24.0 Å². The molecule has 0 spiro atoms. The number of morpholine rings is 1. The van der Waals surface area contributed by atoms with Gasteiger partial charge in [-0.1, -0.05) is 12.1 Å². The summed E-state index contributed by atoms with van der Waals surface area (Å²) in [5.41, 5.74) is 4.61. The molecule has 1 saturated heterocycles. The third-order valence-corrected chi connectivity index (χ3v) is 4.53. The first-order valence-electron chi connectivity index (χ1n) is 6.34. The van der Waals surface area contributed by atoms with Crippen LogP contribution in [0.2, 0.25) is 0 Å². The van der Waals surface area contributed by atoms with E-state index >= 15 is 0 Å². The van der Waals surface area contributed by atoms with Crippen molar-refractivity contribution in [2.24, 2.45) is 0 Å². The molecule has 3 nitrogen and oxygen atoms in total. The molecular weight excluding hydrogens is 251 g/mol. The van der Waals surface area contributed by atoms with Crippen LogP contribution in [0.5, 0.6) is 0 Å². The summed E-state index contributed by atoms with van der Waals surface area (Å²) in [5.74, 6) is 0.877. The van der Waals surface area contributed by atoms with Gasteiger partial charge in [0.25, 0.3) is 0 Å². The normalized spacial score (nSPS) is 24.8. The molecule has 0 radical (unpaired) electrons. The fourth-order valence-corrected chi connectivity index (χ4v) is 3.57. The Kier molecular flexibility index (Phi) is 3.84. The zero-order chi connectivity index (χ0) is 12.4. The van der Waals surface area contributed by atoms with Crippen LogP contribution in [0.3, 0.4) is 0 Å². The number of benzene rings is 1. The van der Waals surface area contributed by atoms with Gasteiger partial charge in [-0.3, -0.25) is 0 Å². The number of rotatable bonds is 2. The Bertz CT molecular complexity index is 423. The second kappa shape index (κ2) is 5.57. The van der Waals surface area contributed by atoms with Gasteiger partial charge in [0.15, 0.2) is 0 Å². The van der Waals surface area contributed by atoms with E-state index in [0.717, 1.165) is 48.9 Å². The molecule has 2 aliphatic rings. The Balaban J connectivity index is 1.76. The van der Waals surface area contributed by atoms with E-state index < -0.39 is 0 Å². The summed E-state index contributed by atoms with van der Waals surface area (Å²) in [7, 11) is 0. The van der Waals surface area contributed by atoms with Crippen LogP contribution in [0.25, 0.3) is 0 Å². The van der Waals surface area contributed by atoms with E-state index in [9.17, 15) is 4.39 Å². The molecule has 98 valence electrons. The van der Waals surface area contributed by atoms with Crippen molar-refractivity contribution in [2.45, 2.75) is 17.4 Å². The van der Waals surface area contributed by atoms with Gasteiger partial charge in [0.05, 0.1) is 13.2 Å². The molecule has 0 amide bonds. The van der Waals surface area contributed by atoms with Gasteiger partial charge >= 0.3 is 0 Å². The van der Waals surface area contributed by atoms with E-state index in [4.69, 9.17) is 4.74 Å². The summed E-state index contributed by atoms with van der Waals surface area (Å²) >= 11 is 1.62. The molecule has 1 unspecified atom stereocenters. The largest absolute Gasteiger partial charge is 0.379 e. The fourth-order valence-electron chi connectivity index (χ4n) is 2.43. The highest BCUT2D eigenvalue weighted by Gasteiger charge is 2.25. The number of nitrogens with zero attached hydrogens (tertiary/aromatic N) is 1. The van der Waals surface area contributed by atoms with E-state index in [0.29, 0.717) is 0 Å². The zero-order valence-corrected chi connectivity index (χ0v) is 11.0. The summed E-state index contributed by atoms with van der Waals surface area (Å²) in [4.78, 5) is 0.814. The molecule has 5 heteroatoms. The lowest BCUT2D eigenvalue weighted by atomic mass is 10.0. The highest BCUT2D eigenvalue weighted by molar-refractivity contribution is 7.99. The van der Waals surface area contributed by atoms with Gasteiger partial charge in [0.1, 0.15) is 5.82 Å².